The van der Waals surface area contributed by atoms with Crippen LogP contribution < -0.4 is 5.43 Å². The van der Waals surface area contributed by atoms with Crippen LogP contribution in [-0.4, -0.2) is 11.7 Å². The van der Waals surface area contributed by atoms with Gasteiger partial charge in [0.25, 0.3) is 0 Å². The van der Waals surface area contributed by atoms with E-state index >= 15 is 0 Å². The Labute approximate surface area is 67.3 Å². The molecule has 0 amide bonds. The van der Waals surface area contributed by atoms with Gasteiger partial charge < -0.3 is 0 Å². The van der Waals surface area contributed by atoms with Crippen molar-refractivity contribution in [2.24, 2.45) is 5.10 Å². The van der Waals surface area contributed by atoms with Crippen LogP contribution in [0.5, 0.6) is 0 Å². The second kappa shape index (κ2) is 3.31. The van der Waals surface area contributed by atoms with E-state index in [2.05, 4.69) is 38.2 Å². The number of aromatic nitrogens is 1. The molecule has 0 radical (unpaired) electrons. The highest BCUT2D eigenvalue weighted by atomic mass is 79.9. The molecule has 10 heavy (non-hydrogen) atoms. The van der Waals surface area contributed by atoms with E-state index in [0.717, 1.165) is 10.2 Å². The van der Waals surface area contributed by atoms with Crippen molar-refractivity contribution in [1.29, 1.82) is 0 Å². The van der Waals surface area contributed by atoms with Crippen LogP contribution >= 0.6 is 15.9 Å². The monoisotopic (exact) mass is 199 g/mol. The summed E-state index contributed by atoms with van der Waals surface area (Å²) in [6.45, 7) is 3.28. The van der Waals surface area contributed by atoms with E-state index in [9.17, 15) is 0 Å². The molecule has 1 aromatic rings. The highest BCUT2D eigenvalue weighted by Gasteiger charge is 1.89. The van der Waals surface area contributed by atoms with E-state index in [4.69, 9.17) is 0 Å². The van der Waals surface area contributed by atoms with Gasteiger partial charge in [0.15, 0.2) is 0 Å². The van der Waals surface area contributed by atoms with E-state index in [1.165, 1.54) is 0 Å². The average Bonchev–Trinajstić information content (AvgIpc) is 1.88. The molecule has 1 aromatic heterocycles. The lowest BCUT2D eigenvalue weighted by Gasteiger charge is -1.96. The maximum atomic E-state index is 3.91. The molecule has 0 saturated heterocycles. The third-order valence-corrected chi connectivity index (χ3v) is 1.35. The molecule has 4 heteroatoms. The fraction of sp³-hybridized carbons (Fsp3) is 0. The Balaban J connectivity index is 2.84. The predicted molar refractivity (Wildman–Crippen MR) is 45.1 cm³/mol. The highest BCUT2D eigenvalue weighted by molar-refractivity contribution is 9.10. The second-order valence-corrected chi connectivity index (χ2v) is 2.58. The van der Waals surface area contributed by atoms with Crippen molar-refractivity contribution < 1.29 is 0 Å². The van der Waals surface area contributed by atoms with Crippen molar-refractivity contribution in [2.45, 2.75) is 0 Å². The number of pyridine rings is 1. The average molecular weight is 200 g/mol. The lowest BCUT2D eigenvalue weighted by Crippen LogP contribution is -1.86. The van der Waals surface area contributed by atoms with Gasteiger partial charge in [-0.15, -0.1) is 0 Å². The van der Waals surface area contributed by atoms with Crippen molar-refractivity contribution in [3.05, 3.63) is 22.9 Å². The first-order valence-electron chi connectivity index (χ1n) is 2.65. The summed E-state index contributed by atoms with van der Waals surface area (Å²) in [6.07, 6.45) is 3.37. The summed E-state index contributed by atoms with van der Waals surface area (Å²) < 4.78 is 0.918. The summed E-state index contributed by atoms with van der Waals surface area (Å²) in [4.78, 5) is 3.91. The van der Waals surface area contributed by atoms with Gasteiger partial charge in [0.1, 0.15) is 0 Å². The SMILES string of the molecule is C=NNc1cncc(Br)c1. The van der Waals surface area contributed by atoms with Gasteiger partial charge in [-0.05, 0) is 22.0 Å². The Bertz CT molecular complexity index is 236. The standard InChI is InChI=1S/C6H6BrN3/c1-8-10-6-2-5(7)3-9-4-6/h2-4,10H,1H2. The molecule has 0 aliphatic heterocycles. The number of hydrogen-bond donors (Lipinski definition) is 1. The van der Waals surface area contributed by atoms with Crippen LogP contribution in [0.25, 0.3) is 0 Å². The number of nitrogens with zero attached hydrogens (tertiary/aromatic N) is 2. The van der Waals surface area contributed by atoms with Crippen LogP contribution in [0, 0.1) is 0 Å². The topological polar surface area (TPSA) is 37.3 Å². The molecule has 0 unspecified atom stereocenters. The van der Waals surface area contributed by atoms with Gasteiger partial charge in [0.2, 0.25) is 0 Å². The number of rotatable bonds is 2. The molecule has 52 valence electrons. The van der Waals surface area contributed by atoms with E-state index in [1.54, 1.807) is 12.4 Å². The summed E-state index contributed by atoms with van der Waals surface area (Å²) in [5, 5.41) is 3.49. The molecule has 0 bridgehead atoms. The van der Waals surface area contributed by atoms with Gasteiger partial charge in [-0.2, -0.15) is 5.10 Å². The van der Waals surface area contributed by atoms with Gasteiger partial charge in [-0.1, -0.05) is 0 Å². The minimum atomic E-state index is 0.823. The summed E-state index contributed by atoms with van der Waals surface area (Å²) in [6, 6.07) is 1.86. The third-order valence-electron chi connectivity index (χ3n) is 0.913. The zero-order valence-electron chi connectivity index (χ0n) is 5.21. The maximum Gasteiger partial charge on any atom is 0.0756 e. The molecule has 0 saturated carbocycles. The van der Waals surface area contributed by atoms with Gasteiger partial charge >= 0.3 is 0 Å². The smallest absolute Gasteiger partial charge is 0.0756 e. The van der Waals surface area contributed by atoms with Crippen molar-refractivity contribution >= 4 is 28.3 Å². The molecule has 0 aliphatic carbocycles. The summed E-state index contributed by atoms with van der Waals surface area (Å²) in [5.41, 5.74) is 3.49. The van der Waals surface area contributed by atoms with Gasteiger partial charge in [0, 0.05) is 17.4 Å². The Morgan fingerprint density at radius 2 is 2.40 bits per heavy atom. The minimum Gasteiger partial charge on any atom is -0.277 e. The molecule has 3 nitrogen and oxygen atoms in total. The maximum absolute atomic E-state index is 3.91. The fourth-order valence-electron chi connectivity index (χ4n) is 0.564. The summed E-state index contributed by atoms with van der Waals surface area (Å²) >= 11 is 3.27. The lowest BCUT2D eigenvalue weighted by atomic mass is 10.4. The fourth-order valence-corrected chi connectivity index (χ4v) is 0.929. The van der Waals surface area contributed by atoms with E-state index in [0.29, 0.717) is 0 Å². The molecule has 0 atom stereocenters. The quantitative estimate of drug-likeness (QED) is 0.584. The van der Waals surface area contributed by atoms with E-state index in [-0.39, 0.29) is 0 Å². The van der Waals surface area contributed by atoms with Gasteiger partial charge in [0.05, 0.1) is 11.9 Å². The lowest BCUT2D eigenvalue weighted by molar-refractivity contribution is 1.26. The Morgan fingerprint density at radius 3 is 3.00 bits per heavy atom. The Kier molecular flexibility index (Phi) is 2.39. The number of hydrazone groups is 1. The molecule has 0 aromatic carbocycles. The van der Waals surface area contributed by atoms with Crippen molar-refractivity contribution in [2.75, 3.05) is 5.43 Å². The molecule has 0 fully saturated rings. The predicted octanol–water partition coefficient (Wildman–Crippen LogP) is 1.87. The highest BCUT2D eigenvalue weighted by Crippen LogP contribution is 2.12. The van der Waals surface area contributed by atoms with Crippen LogP contribution in [0.15, 0.2) is 28.0 Å². The number of hydrogen-bond acceptors (Lipinski definition) is 3. The summed E-state index contributed by atoms with van der Waals surface area (Å²) in [7, 11) is 0. The molecular formula is C6H6BrN3. The van der Waals surface area contributed by atoms with Crippen molar-refractivity contribution in [3.8, 4) is 0 Å². The number of halogens is 1. The van der Waals surface area contributed by atoms with Crippen molar-refractivity contribution in [1.82, 2.24) is 4.98 Å². The Hall–Kier alpha value is -0.900. The molecule has 1 rings (SSSR count). The molecular weight excluding hydrogens is 194 g/mol. The Morgan fingerprint density at radius 1 is 1.60 bits per heavy atom. The van der Waals surface area contributed by atoms with Crippen LogP contribution in [0.2, 0.25) is 0 Å². The largest absolute Gasteiger partial charge is 0.277 e. The van der Waals surface area contributed by atoms with Crippen LogP contribution in [0.4, 0.5) is 5.69 Å². The molecule has 0 aliphatic rings. The minimum absolute atomic E-state index is 0.823. The first kappa shape index (κ1) is 7.21. The summed E-state index contributed by atoms with van der Waals surface area (Å²) in [5.74, 6) is 0. The van der Waals surface area contributed by atoms with Crippen LogP contribution in [0.1, 0.15) is 0 Å². The zero-order chi connectivity index (χ0) is 7.40. The van der Waals surface area contributed by atoms with E-state index < -0.39 is 0 Å². The number of nitrogens with one attached hydrogen (secondary N) is 1. The van der Waals surface area contributed by atoms with E-state index in [1.807, 2.05) is 6.07 Å². The zero-order valence-corrected chi connectivity index (χ0v) is 6.80. The van der Waals surface area contributed by atoms with Crippen LogP contribution in [-0.2, 0) is 0 Å². The molecule has 1 heterocycles. The van der Waals surface area contributed by atoms with Crippen LogP contribution in [0.3, 0.4) is 0 Å². The van der Waals surface area contributed by atoms with Gasteiger partial charge in [-0.3, -0.25) is 10.4 Å². The van der Waals surface area contributed by atoms with Crippen molar-refractivity contribution in [3.63, 3.8) is 0 Å². The third kappa shape index (κ3) is 1.80. The van der Waals surface area contributed by atoms with Gasteiger partial charge in [-0.25, -0.2) is 0 Å². The molecule has 0 spiro atoms. The normalized spacial score (nSPS) is 8.90. The first-order valence-corrected chi connectivity index (χ1v) is 3.44. The first-order chi connectivity index (χ1) is 4.83. The second-order valence-electron chi connectivity index (χ2n) is 1.66. The number of anilines is 1. The molecule has 1 N–H and O–H groups in total.